The van der Waals surface area contributed by atoms with E-state index in [1.54, 1.807) is 6.20 Å². The van der Waals surface area contributed by atoms with Crippen LogP contribution in [0.25, 0.3) is 0 Å². The minimum Gasteiger partial charge on any atom is -0.466 e. The molecule has 0 aromatic carbocycles. The minimum absolute atomic E-state index is 0.0146. The molecule has 10 heteroatoms. The van der Waals surface area contributed by atoms with Gasteiger partial charge in [0.2, 0.25) is 0 Å². The number of amides is 1. The molecule has 1 rings (SSSR count). The number of hydrogen-bond acceptors (Lipinski definition) is 8. The minimum atomic E-state index is -0.426. The fraction of sp³-hybridized carbons (Fsp3) is 0.885. The highest BCUT2D eigenvalue weighted by molar-refractivity contribution is 5.91. The van der Waals surface area contributed by atoms with Crippen molar-refractivity contribution in [2.75, 3.05) is 32.8 Å². The maximum atomic E-state index is 12.9. The molecule has 10 nitrogen and oxygen atoms in total. The predicted molar refractivity (Wildman–Crippen MR) is 257 cm³/mol. The van der Waals surface area contributed by atoms with Gasteiger partial charge in [0.1, 0.15) is 11.8 Å². The molecule has 0 aliphatic carbocycles. The highest BCUT2D eigenvalue weighted by atomic mass is 16.5. The third-order valence-electron chi connectivity index (χ3n) is 12.2. The number of aromatic nitrogens is 2. The summed E-state index contributed by atoms with van der Waals surface area (Å²) in [7, 11) is 0. The van der Waals surface area contributed by atoms with E-state index in [9.17, 15) is 19.5 Å². The zero-order chi connectivity index (χ0) is 45.0. The Bertz CT molecular complexity index is 1120. The first-order chi connectivity index (χ1) is 30.4. The number of ether oxygens (including phenoxy) is 2. The van der Waals surface area contributed by atoms with Crippen LogP contribution in [0.15, 0.2) is 12.5 Å². The molecule has 0 saturated carbocycles. The largest absolute Gasteiger partial charge is 0.466 e. The van der Waals surface area contributed by atoms with Gasteiger partial charge in [-0.05, 0) is 90.1 Å². The zero-order valence-electron chi connectivity index (χ0n) is 40.7. The van der Waals surface area contributed by atoms with Gasteiger partial charge < -0.3 is 29.8 Å². The Morgan fingerprint density at radius 3 is 1.61 bits per heavy atom. The van der Waals surface area contributed by atoms with Crippen molar-refractivity contribution in [3.8, 4) is 0 Å². The molecule has 3 N–H and O–H groups in total. The standard InChI is InChI=1S/C52H98N4O6/c1-4-7-10-13-16-17-18-24-34-43-61-50(58)38-29-25-33-42-56(45-47(57)35-30-31-40-54-52(60)49-44-53-46-55-49)41-32-23-19-22-28-39-51(59)62-48(36-26-20-14-11-8-5-2)37-27-21-15-12-9-6-3/h44,46-48,57H,4-43,45H2,1-3H3,(H,53,55)(H,54,60). The van der Waals surface area contributed by atoms with Crippen molar-refractivity contribution >= 4 is 17.8 Å². The molecule has 0 bridgehead atoms. The van der Waals surface area contributed by atoms with Crippen molar-refractivity contribution in [1.29, 1.82) is 0 Å². The third-order valence-corrected chi connectivity index (χ3v) is 12.2. The summed E-state index contributed by atoms with van der Waals surface area (Å²) in [6.07, 6.45) is 42.4. The van der Waals surface area contributed by atoms with Crippen LogP contribution in [0.5, 0.6) is 0 Å². The Morgan fingerprint density at radius 2 is 1.06 bits per heavy atom. The SMILES string of the molecule is CCCCCCCCCCCOC(=O)CCCCCN(CCCCCCCC(=O)OC(CCCCCCCC)CCCCCCCC)CC(O)CCCCNC(=O)c1c[nH]cn1. The molecule has 0 aliphatic heterocycles. The molecule has 1 aromatic rings. The van der Waals surface area contributed by atoms with Gasteiger partial charge in [-0.15, -0.1) is 0 Å². The van der Waals surface area contributed by atoms with Gasteiger partial charge in [-0.25, -0.2) is 4.98 Å². The van der Waals surface area contributed by atoms with Gasteiger partial charge in [-0.3, -0.25) is 14.4 Å². The molecule has 362 valence electrons. The summed E-state index contributed by atoms with van der Waals surface area (Å²) in [5.41, 5.74) is 0.385. The smallest absolute Gasteiger partial charge is 0.306 e. The molecule has 1 aromatic heterocycles. The molecule has 62 heavy (non-hydrogen) atoms. The topological polar surface area (TPSA) is 134 Å². The van der Waals surface area contributed by atoms with Crippen LogP contribution < -0.4 is 5.32 Å². The number of carbonyl (C=O) groups excluding carboxylic acids is 3. The fourth-order valence-electron chi connectivity index (χ4n) is 8.26. The number of rotatable bonds is 47. The Balaban J connectivity index is 2.39. The highest BCUT2D eigenvalue weighted by Gasteiger charge is 2.16. The molecule has 1 atom stereocenters. The number of imidazole rings is 1. The first-order valence-electron chi connectivity index (χ1n) is 26.4. The summed E-state index contributed by atoms with van der Waals surface area (Å²) < 4.78 is 11.6. The van der Waals surface area contributed by atoms with E-state index in [-0.39, 0.29) is 23.9 Å². The van der Waals surface area contributed by atoms with Crippen LogP contribution in [0.3, 0.4) is 0 Å². The molecule has 0 saturated heterocycles. The third kappa shape index (κ3) is 37.0. The first kappa shape index (κ1) is 57.6. The van der Waals surface area contributed by atoms with Gasteiger partial charge in [0.25, 0.3) is 5.91 Å². The maximum absolute atomic E-state index is 12.9. The van der Waals surface area contributed by atoms with E-state index in [1.165, 1.54) is 115 Å². The summed E-state index contributed by atoms with van der Waals surface area (Å²) in [5.74, 6) is -0.276. The Hall–Kier alpha value is -2.46. The second-order valence-electron chi connectivity index (χ2n) is 18.3. The van der Waals surface area contributed by atoms with Crippen molar-refractivity contribution in [3.05, 3.63) is 18.2 Å². The lowest BCUT2D eigenvalue weighted by Gasteiger charge is -2.25. The Morgan fingerprint density at radius 1 is 0.597 bits per heavy atom. The Kier molecular flexibility index (Phi) is 40.6. The number of hydrogen-bond donors (Lipinski definition) is 3. The number of nitrogens with one attached hydrogen (secondary N) is 2. The molecule has 0 fully saturated rings. The number of aromatic amines is 1. The summed E-state index contributed by atoms with van der Waals surface area (Å²) in [4.78, 5) is 46.5. The van der Waals surface area contributed by atoms with Gasteiger partial charge in [0.15, 0.2) is 0 Å². The highest BCUT2D eigenvalue weighted by Crippen LogP contribution is 2.19. The van der Waals surface area contributed by atoms with E-state index in [1.807, 2.05) is 0 Å². The number of aliphatic hydroxyl groups excluding tert-OH is 1. The molecule has 0 radical (unpaired) electrons. The number of aliphatic hydroxyl groups is 1. The predicted octanol–water partition coefficient (Wildman–Crippen LogP) is 13.4. The number of unbranched alkanes of at least 4 members (excludes halogenated alkanes) is 25. The molecule has 0 spiro atoms. The summed E-state index contributed by atoms with van der Waals surface area (Å²) in [6, 6.07) is 0. The van der Waals surface area contributed by atoms with E-state index < -0.39 is 6.10 Å². The van der Waals surface area contributed by atoms with Crippen LogP contribution >= 0.6 is 0 Å². The molecule has 1 unspecified atom stereocenters. The zero-order valence-corrected chi connectivity index (χ0v) is 40.7. The van der Waals surface area contributed by atoms with Gasteiger partial charge in [0.05, 0.1) is 19.0 Å². The number of carbonyl (C=O) groups is 3. The van der Waals surface area contributed by atoms with E-state index in [2.05, 4.69) is 41.0 Å². The second-order valence-corrected chi connectivity index (χ2v) is 18.3. The van der Waals surface area contributed by atoms with Crippen LogP contribution in [0.1, 0.15) is 262 Å². The summed E-state index contributed by atoms with van der Waals surface area (Å²) in [5, 5.41) is 13.9. The van der Waals surface area contributed by atoms with Gasteiger partial charge in [-0.1, -0.05) is 162 Å². The Labute approximate surface area is 381 Å². The first-order valence-corrected chi connectivity index (χ1v) is 26.4. The average Bonchev–Trinajstić information content (AvgIpc) is 3.81. The summed E-state index contributed by atoms with van der Waals surface area (Å²) >= 11 is 0. The normalized spacial score (nSPS) is 12.0. The molecule has 1 amide bonds. The number of H-pyrrole nitrogens is 1. The number of nitrogens with zero attached hydrogens (tertiary/aromatic N) is 2. The lowest BCUT2D eigenvalue weighted by molar-refractivity contribution is -0.150. The molecular formula is C52H98N4O6. The van der Waals surface area contributed by atoms with E-state index >= 15 is 0 Å². The van der Waals surface area contributed by atoms with Crippen molar-refractivity contribution in [2.24, 2.45) is 0 Å². The van der Waals surface area contributed by atoms with Gasteiger partial charge >= 0.3 is 11.9 Å². The van der Waals surface area contributed by atoms with Gasteiger partial charge in [-0.2, -0.15) is 0 Å². The van der Waals surface area contributed by atoms with Crippen LogP contribution in [0.4, 0.5) is 0 Å². The molecular weight excluding hydrogens is 777 g/mol. The summed E-state index contributed by atoms with van der Waals surface area (Å²) in [6.45, 7) is 10.3. The van der Waals surface area contributed by atoms with Crippen LogP contribution in [-0.4, -0.2) is 82.8 Å². The van der Waals surface area contributed by atoms with Crippen LogP contribution in [-0.2, 0) is 19.1 Å². The van der Waals surface area contributed by atoms with Crippen molar-refractivity contribution in [1.82, 2.24) is 20.2 Å². The van der Waals surface area contributed by atoms with Crippen molar-refractivity contribution in [2.45, 2.75) is 264 Å². The van der Waals surface area contributed by atoms with Crippen LogP contribution in [0.2, 0.25) is 0 Å². The molecule has 0 aliphatic rings. The lowest BCUT2D eigenvalue weighted by atomic mass is 10.0. The second kappa shape index (κ2) is 43.8. The van der Waals surface area contributed by atoms with Crippen molar-refractivity contribution < 1.29 is 29.0 Å². The molecule has 1 heterocycles. The lowest BCUT2D eigenvalue weighted by Crippen LogP contribution is -2.34. The van der Waals surface area contributed by atoms with E-state index in [0.29, 0.717) is 44.7 Å². The average molecular weight is 875 g/mol. The van der Waals surface area contributed by atoms with Crippen molar-refractivity contribution in [3.63, 3.8) is 0 Å². The van der Waals surface area contributed by atoms with Gasteiger partial charge in [0, 0.05) is 32.1 Å². The number of esters is 2. The van der Waals surface area contributed by atoms with E-state index in [0.717, 1.165) is 116 Å². The quantitative estimate of drug-likeness (QED) is 0.0435. The maximum Gasteiger partial charge on any atom is 0.306 e. The van der Waals surface area contributed by atoms with Crippen LogP contribution in [0, 0.1) is 0 Å². The monoisotopic (exact) mass is 875 g/mol. The fourth-order valence-corrected chi connectivity index (χ4v) is 8.26. The van der Waals surface area contributed by atoms with E-state index in [4.69, 9.17) is 9.47 Å².